The molecular formula is C17H17FN2O3. The van der Waals surface area contributed by atoms with E-state index in [1.54, 1.807) is 19.1 Å². The first-order valence-electron chi connectivity index (χ1n) is 7.01. The lowest BCUT2D eigenvalue weighted by molar-refractivity contribution is -0.123. The number of hydrogen-bond acceptors (Lipinski definition) is 4. The summed E-state index contributed by atoms with van der Waals surface area (Å²) < 4.78 is 17.9. The molecule has 0 unspecified atom stereocenters. The Labute approximate surface area is 133 Å². The quantitative estimate of drug-likeness (QED) is 0.671. The van der Waals surface area contributed by atoms with Crippen LogP contribution in [0.2, 0.25) is 0 Å². The van der Waals surface area contributed by atoms with Crippen LogP contribution in [0.1, 0.15) is 22.8 Å². The monoisotopic (exact) mass is 316 g/mol. The van der Waals surface area contributed by atoms with Crippen molar-refractivity contribution in [2.75, 3.05) is 11.1 Å². The van der Waals surface area contributed by atoms with Gasteiger partial charge in [0.1, 0.15) is 5.82 Å². The van der Waals surface area contributed by atoms with Crippen LogP contribution in [0.5, 0.6) is 0 Å². The van der Waals surface area contributed by atoms with Crippen LogP contribution < -0.4 is 11.1 Å². The molecule has 0 aliphatic rings. The van der Waals surface area contributed by atoms with Gasteiger partial charge < -0.3 is 15.8 Å². The van der Waals surface area contributed by atoms with E-state index in [4.69, 9.17) is 10.5 Å². The molecule has 0 aromatic heterocycles. The first-order valence-corrected chi connectivity index (χ1v) is 7.01. The number of para-hydroxylation sites is 1. The number of nitrogen functional groups attached to an aromatic ring is 1. The molecular weight excluding hydrogens is 299 g/mol. The zero-order chi connectivity index (χ0) is 17.0. The van der Waals surface area contributed by atoms with Gasteiger partial charge in [-0.05, 0) is 49.7 Å². The first kappa shape index (κ1) is 16.5. The van der Waals surface area contributed by atoms with E-state index in [9.17, 15) is 14.0 Å². The third-order valence-corrected chi connectivity index (χ3v) is 3.31. The molecule has 0 saturated heterocycles. The van der Waals surface area contributed by atoms with Gasteiger partial charge in [0.25, 0.3) is 5.91 Å². The summed E-state index contributed by atoms with van der Waals surface area (Å²) in [7, 11) is 0. The first-order chi connectivity index (χ1) is 10.9. The Kier molecular flexibility index (Phi) is 4.95. The Hall–Kier alpha value is -2.89. The third-order valence-electron chi connectivity index (χ3n) is 3.31. The van der Waals surface area contributed by atoms with E-state index in [-0.39, 0.29) is 5.56 Å². The molecule has 1 amide bonds. The highest BCUT2D eigenvalue weighted by molar-refractivity contribution is 5.99. The molecule has 2 rings (SSSR count). The van der Waals surface area contributed by atoms with Crippen molar-refractivity contribution < 1.29 is 18.7 Å². The number of amides is 1. The average molecular weight is 316 g/mol. The number of nitrogens with one attached hydrogen (secondary N) is 1. The van der Waals surface area contributed by atoms with Gasteiger partial charge >= 0.3 is 5.97 Å². The van der Waals surface area contributed by atoms with E-state index in [0.717, 1.165) is 5.56 Å². The fourth-order valence-corrected chi connectivity index (χ4v) is 1.91. The smallest absolute Gasteiger partial charge is 0.341 e. The Balaban J connectivity index is 2.01. The summed E-state index contributed by atoms with van der Waals surface area (Å²) >= 11 is 0. The van der Waals surface area contributed by atoms with Crippen LogP contribution >= 0.6 is 0 Å². The lowest BCUT2D eigenvalue weighted by atomic mass is 10.1. The maximum atomic E-state index is 12.8. The Morgan fingerprint density at radius 3 is 2.48 bits per heavy atom. The molecule has 23 heavy (non-hydrogen) atoms. The van der Waals surface area contributed by atoms with Crippen molar-refractivity contribution >= 4 is 23.3 Å². The number of hydrogen-bond donors (Lipinski definition) is 2. The minimum Gasteiger partial charge on any atom is -0.449 e. The lowest BCUT2D eigenvalue weighted by Gasteiger charge is -2.14. The van der Waals surface area contributed by atoms with Crippen LogP contribution in [0.25, 0.3) is 0 Å². The van der Waals surface area contributed by atoms with Gasteiger partial charge in [-0.3, -0.25) is 4.79 Å². The predicted molar refractivity (Wildman–Crippen MR) is 85.5 cm³/mol. The highest BCUT2D eigenvalue weighted by atomic mass is 19.1. The highest BCUT2D eigenvalue weighted by Crippen LogP contribution is 2.18. The summed E-state index contributed by atoms with van der Waals surface area (Å²) in [6, 6.07) is 10.3. The molecule has 0 heterocycles. The Bertz CT molecular complexity index is 729. The molecule has 0 saturated carbocycles. The van der Waals surface area contributed by atoms with E-state index in [1.807, 2.05) is 0 Å². The normalized spacial score (nSPS) is 11.6. The summed E-state index contributed by atoms with van der Waals surface area (Å²) in [5.41, 5.74) is 7.54. The number of aryl methyl sites for hydroxylation is 1. The predicted octanol–water partition coefficient (Wildman–Crippen LogP) is 2.90. The minimum absolute atomic E-state index is 0.214. The van der Waals surface area contributed by atoms with Crippen molar-refractivity contribution in [1.29, 1.82) is 0 Å². The second kappa shape index (κ2) is 6.91. The van der Waals surface area contributed by atoms with Gasteiger partial charge in [-0.25, -0.2) is 9.18 Å². The average Bonchev–Trinajstić information content (AvgIpc) is 2.52. The lowest BCUT2D eigenvalue weighted by Crippen LogP contribution is -2.30. The number of ether oxygens (including phenoxy) is 1. The van der Waals surface area contributed by atoms with E-state index < -0.39 is 23.8 Å². The van der Waals surface area contributed by atoms with Crippen molar-refractivity contribution in [2.24, 2.45) is 0 Å². The van der Waals surface area contributed by atoms with Crippen molar-refractivity contribution in [3.05, 3.63) is 59.4 Å². The topological polar surface area (TPSA) is 81.4 Å². The van der Waals surface area contributed by atoms with Gasteiger partial charge in [0.2, 0.25) is 0 Å². The van der Waals surface area contributed by atoms with Crippen LogP contribution in [0, 0.1) is 12.7 Å². The van der Waals surface area contributed by atoms with E-state index in [1.165, 1.54) is 37.3 Å². The number of halogens is 1. The number of anilines is 2. The molecule has 0 radical (unpaired) electrons. The van der Waals surface area contributed by atoms with Crippen molar-refractivity contribution in [1.82, 2.24) is 0 Å². The minimum atomic E-state index is -1.02. The molecule has 0 bridgehead atoms. The Morgan fingerprint density at radius 2 is 1.83 bits per heavy atom. The summed E-state index contributed by atoms with van der Waals surface area (Å²) in [6.45, 7) is 3.22. The SMILES string of the molecule is Cc1cccc(C(=O)O[C@@H](C)C(=O)Nc2ccc(F)cc2)c1N. The number of nitrogens with two attached hydrogens (primary N) is 1. The number of carbonyl (C=O) groups excluding carboxylic acids is 2. The number of carbonyl (C=O) groups is 2. The highest BCUT2D eigenvalue weighted by Gasteiger charge is 2.20. The van der Waals surface area contributed by atoms with Gasteiger partial charge in [0, 0.05) is 11.4 Å². The van der Waals surface area contributed by atoms with Gasteiger partial charge in [0.05, 0.1) is 5.56 Å². The molecule has 2 aromatic carbocycles. The number of benzene rings is 2. The Morgan fingerprint density at radius 1 is 1.17 bits per heavy atom. The van der Waals surface area contributed by atoms with Gasteiger partial charge in [-0.1, -0.05) is 12.1 Å². The molecule has 5 nitrogen and oxygen atoms in total. The van der Waals surface area contributed by atoms with E-state index in [0.29, 0.717) is 11.4 Å². The van der Waals surface area contributed by atoms with Crippen LogP contribution in [0.4, 0.5) is 15.8 Å². The zero-order valence-electron chi connectivity index (χ0n) is 12.8. The third kappa shape index (κ3) is 4.06. The largest absolute Gasteiger partial charge is 0.449 e. The van der Waals surface area contributed by atoms with Crippen LogP contribution in [0.3, 0.4) is 0 Å². The van der Waals surface area contributed by atoms with Crippen LogP contribution in [0.15, 0.2) is 42.5 Å². The number of rotatable bonds is 4. The van der Waals surface area contributed by atoms with Gasteiger partial charge in [-0.2, -0.15) is 0 Å². The molecule has 0 fully saturated rings. The van der Waals surface area contributed by atoms with Crippen molar-refractivity contribution in [3.8, 4) is 0 Å². The molecule has 0 spiro atoms. The molecule has 0 aliphatic carbocycles. The second-order valence-electron chi connectivity index (χ2n) is 5.08. The van der Waals surface area contributed by atoms with Crippen LogP contribution in [-0.2, 0) is 9.53 Å². The summed E-state index contributed by atoms with van der Waals surface area (Å²) in [4.78, 5) is 24.1. The molecule has 1 atom stereocenters. The zero-order valence-corrected chi connectivity index (χ0v) is 12.8. The summed E-state index contributed by atoms with van der Waals surface area (Å²) in [5, 5.41) is 2.54. The van der Waals surface area contributed by atoms with Crippen LogP contribution in [-0.4, -0.2) is 18.0 Å². The molecule has 3 N–H and O–H groups in total. The summed E-state index contributed by atoms with van der Waals surface area (Å²) in [6.07, 6.45) is -1.02. The number of esters is 1. The van der Waals surface area contributed by atoms with Crippen molar-refractivity contribution in [2.45, 2.75) is 20.0 Å². The van der Waals surface area contributed by atoms with E-state index >= 15 is 0 Å². The molecule has 2 aromatic rings. The van der Waals surface area contributed by atoms with Crippen molar-refractivity contribution in [3.63, 3.8) is 0 Å². The van der Waals surface area contributed by atoms with Gasteiger partial charge in [0.15, 0.2) is 6.10 Å². The standard InChI is InChI=1S/C17H17FN2O3/c1-10-4-3-5-14(15(10)19)17(22)23-11(2)16(21)20-13-8-6-12(18)7-9-13/h3-9,11H,19H2,1-2H3,(H,20,21)/t11-/m0/s1. The maximum Gasteiger partial charge on any atom is 0.341 e. The van der Waals surface area contributed by atoms with Gasteiger partial charge in [-0.15, -0.1) is 0 Å². The molecule has 120 valence electrons. The maximum absolute atomic E-state index is 12.8. The molecule has 6 heteroatoms. The summed E-state index contributed by atoms with van der Waals surface area (Å²) in [5.74, 6) is -1.60. The fraction of sp³-hybridized carbons (Fsp3) is 0.176. The second-order valence-corrected chi connectivity index (χ2v) is 5.08. The van der Waals surface area contributed by atoms with E-state index in [2.05, 4.69) is 5.32 Å². The molecule has 0 aliphatic heterocycles. The fourth-order valence-electron chi connectivity index (χ4n) is 1.91.